The first kappa shape index (κ1) is 11.0. The summed E-state index contributed by atoms with van der Waals surface area (Å²) in [5.41, 5.74) is 1.80. The number of nitrogens with zero attached hydrogens (tertiary/aromatic N) is 1. The molecule has 0 aliphatic heterocycles. The van der Waals surface area contributed by atoms with Crippen LogP contribution in [0.5, 0.6) is 0 Å². The summed E-state index contributed by atoms with van der Waals surface area (Å²) in [5, 5.41) is 0.666. The molecule has 0 unspecified atom stereocenters. The van der Waals surface area contributed by atoms with Gasteiger partial charge >= 0.3 is 0 Å². The average Bonchev–Trinajstić information content (AvgIpc) is 2.32. The van der Waals surface area contributed by atoms with Gasteiger partial charge in [0.25, 0.3) is 5.56 Å². The number of benzene rings is 1. The van der Waals surface area contributed by atoms with Crippen molar-refractivity contribution in [1.82, 2.24) is 9.97 Å². The summed E-state index contributed by atoms with van der Waals surface area (Å²) in [6.07, 6.45) is 1.60. The van der Waals surface area contributed by atoms with E-state index in [2.05, 4.69) is 22.1 Å². The summed E-state index contributed by atoms with van der Waals surface area (Å²) in [6.45, 7) is 1.75. The van der Waals surface area contributed by atoms with Crippen LogP contribution in [-0.2, 0) is 5.75 Å². The molecule has 1 heterocycles. The smallest absolute Gasteiger partial charge is 0.254 e. The van der Waals surface area contributed by atoms with Crippen LogP contribution in [0.25, 0.3) is 0 Å². The van der Waals surface area contributed by atoms with Crippen molar-refractivity contribution in [2.45, 2.75) is 17.8 Å². The molecule has 16 heavy (non-hydrogen) atoms. The van der Waals surface area contributed by atoms with Gasteiger partial charge in [0.05, 0.1) is 0 Å². The van der Waals surface area contributed by atoms with Crippen LogP contribution < -0.4 is 5.56 Å². The zero-order chi connectivity index (χ0) is 11.4. The van der Waals surface area contributed by atoms with Gasteiger partial charge in [-0.25, -0.2) is 4.98 Å². The third kappa shape index (κ3) is 2.73. The van der Waals surface area contributed by atoms with Gasteiger partial charge in [0, 0.05) is 17.5 Å². The summed E-state index contributed by atoms with van der Waals surface area (Å²) < 4.78 is 0. The predicted molar refractivity (Wildman–Crippen MR) is 65.6 cm³/mol. The van der Waals surface area contributed by atoms with Crippen molar-refractivity contribution < 1.29 is 0 Å². The van der Waals surface area contributed by atoms with Crippen LogP contribution in [0.1, 0.15) is 11.1 Å². The van der Waals surface area contributed by atoms with E-state index in [-0.39, 0.29) is 5.56 Å². The van der Waals surface area contributed by atoms with E-state index in [1.165, 1.54) is 17.3 Å². The van der Waals surface area contributed by atoms with Crippen LogP contribution in [0.15, 0.2) is 46.5 Å². The molecule has 0 fully saturated rings. The lowest BCUT2D eigenvalue weighted by Crippen LogP contribution is -2.10. The molecule has 82 valence electrons. The molecule has 0 aliphatic carbocycles. The summed E-state index contributed by atoms with van der Waals surface area (Å²) in [6, 6.07) is 10.1. The topological polar surface area (TPSA) is 45.8 Å². The van der Waals surface area contributed by atoms with E-state index in [1.54, 1.807) is 13.1 Å². The zero-order valence-electron chi connectivity index (χ0n) is 8.93. The number of thioether (sulfide) groups is 1. The van der Waals surface area contributed by atoms with Crippen LogP contribution >= 0.6 is 11.8 Å². The lowest BCUT2D eigenvalue weighted by molar-refractivity contribution is 0.917. The van der Waals surface area contributed by atoms with E-state index in [0.29, 0.717) is 10.7 Å². The molecule has 0 saturated heterocycles. The summed E-state index contributed by atoms with van der Waals surface area (Å²) in [4.78, 5) is 18.2. The molecule has 0 spiro atoms. The standard InChI is InChI=1S/C12H12N2OS/c1-9-7-13-12(14-11(9)15)16-8-10-5-3-2-4-6-10/h2-7H,8H2,1H3,(H,13,14,15). The highest BCUT2D eigenvalue weighted by Crippen LogP contribution is 2.17. The third-order valence-corrected chi connectivity index (χ3v) is 3.13. The fourth-order valence-corrected chi connectivity index (χ4v) is 2.03. The van der Waals surface area contributed by atoms with Crippen LogP contribution in [0.3, 0.4) is 0 Å². The number of aromatic amines is 1. The van der Waals surface area contributed by atoms with Gasteiger partial charge in [0.1, 0.15) is 0 Å². The summed E-state index contributed by atoms with van der Waals surface area (Å²) in [5.74, 6) is 0.812. The Kier molecular flexibility index (Phi) is 3.41. The van der Waals surface area contributed by atoms with Gasteiger partial charge in [0.2, 0.25) is 0 Å². The summed E-state index contributed by atoms with van der Waals surface area (Å²) >= 11 is 1.53. The first-order chi connectivity index (χ1) is 7.75. The molecule has 3 nitrogen and oxygen atoms in total. The quantitative estimate of drug-likeness (QED) is 0.652. The van der Waals surface area contributed by atoms with Crippen LogP contribution in [0.4, 0.5) is 0 Å². The second kappa shape index (κ2) is 4.99. The molecule has 1 N–H and O–H groups in total. The van der Waals surface area contributed by atoms with Gasteiger partial charge in [-0.2, -0.15) is 0 Å². The van der Waals surface area contributed by atoms with Crippen molar-refractivity contribution in [1.29, 1.82) is 0 Å². The lowest BCUT2D eigenvalue weighted by atomic mass is 10.2. The maximum absolute atomic E-state index is 11.3. The van der Waals surface area contributed by atoms with Crippen molar-refractivity contribution in [3.05, 3.63) is 58.0 Å². The van der Waals surface area contributed by atoms with E-state index in [0.717, 1.165) is 5.75 Å². The first-order valence-electron chi connectivity index (χ1n) is 4.98. The molecule has 0 bridgehead atoms. The Morgan fingerprint density at radius 1 is 1.31 bits per heavy atom. The Labute approximate surface area is 97.9 Å². The predicted octanol–water partition coefficient (Wildman–Crippen LogP) is 2.37. The van der Waals surface area contributed by atoms with Gasteiger partial charge in [-0.3, -0.25) is 4.79 Å². The number of aryl methyl sites for hydroxylation is 1. The minimum Gasteiger partial charge on any atom is -0.301 e. The Morgan fingerprint density at radius 2 is 2.06 bits per heavy atom. The zero-order valence-corrected chi connectivity index (χ0v) is 9.75. The van der Waals surface area contributed by atoms with Crippen LogP contribution in [0.2, 0.25) is 0 Å². The molecule has 2 rings (SSSR count). The summed E-state index contributed by atoms with van der Waals surface area (Å²) in [7, 11) is 0. The molecular formula is C12H12N2OS. The second-order valence-electron chi connectivity index (χ2n) is 3.47. The normalized spacial score (nSPS) is 10.3. The average molecular weight is 232 g/mol. The monoisotopic (exact) mass is 232 g/mol. The van der Waals surface area contributed by atoms with Crippen LogP contribution in [-0.4, -0.2) is 9.97 Å². The molecule has 1 aromatic carbocycles. The molecular weight excluding hydrogens is 220 g/mol. The molecule has 0 atom stereocenters. The first-order valence-corrected chi connectivity index (χ1v) is 5.97. The van der Waals surface area contributed by atoms with Gasteiger partial charge in [-0.05, 0) is 12.5 Å². The van der Waals surface area contributed by atoms with E-state index in [1.807, 2.05) is 18.2 Å². The number of rotatable bonds is 3. The van der Waals surface area contributed by atoms with E-state index >= 15 is 0 Å². The molecule has 0 amide bonds. The SMILES string of the molecule is Cc1cnc(SCc2ccccc2)[nH]c1=O. The van der Waals surface area contributed by atoms with Gasteiger partial charge in [-0.15, -0.1) is 0 Å². The van der Waals surface area contributed by atoms with E-state index in [9.17, 15) is 4.79 Å². The highest BCUT2D eigenvalue weighted by atomic mass is 32.2. The number of aromatic nitrogens is 2. The highest BCUT2D eigenvalue weighted by molar-refractivity contribution is 7.98. The maximum Gasteiger partial charge on any atom is 0.254 e. The largest absolute Gasteiger partial charge is 0.301 e. The van der Waals surface area contributed by atoms with Crippen LogP contribution in [0, 0.1) is 6.92 Å². The fourth-order valence-electron chi connectivity index (χ4n) is 1.24. The molecule has 0 aliphatic rings. The van der Waals surface area contributed by atoms with Crippen molar-refractivity contribution in [3.8, 4) is 0 Å². The Bertz CT molecular complexity index is 522. The van der Waals surface area contributed by atoms with Gasteiger partial charge in [0.15, 0.2) is 5.16 Å². The third-order valence-electron chi connectivity index (χ3n) is 2.17. The number of H-pyrrole nitrogens is 1. The Morgan fingerprint density at radius 3 is 2.75 bits per heavy atom. The van der Waals surface area contributed by atoms with E-state index < -0.39 is 0 Å². The van der Waals surface area contributed by atoms with Crippen molar-refractivity contribution >= 4 is 11.8 Å². The van der Waals surface area contributed by atoms with E-state index in [4.69, 9.17) is 0 Å². The minimum atomic E-state index is -0.0643. The minimum absolute atomic E-state index is 0.0643. The van der Waals surface area contributed by atoms with Crippen molar-refractivity contribution in [2.75, 3.05) is 0 Å². The highest BCUT2D eigenvalue weighted by Gasteiger charge is 1.99. The van der Waals surface area contributed by atoms with Gasteiger partial charge in [-0.1, -0.05) is 42.1 Å². The second-order valence-corrected chi connectivity index (χ2v) is 4.44. The molecule has 4 heteroatoms. The van der Waals surface area contributed by atoms with Crippen molar-refractivity contribution in [2.24, 2.45) is 0 Å². The fraction of sp³-hybridized carbons (Fsp3) is 0.167. The number of hydrogen-bond donors (Lipinski definition) is 1. The maximum atomic E-state index is 11.3. The van der Waals surface area contributed by atoms with Crippen molar-refractivity contribution in [3.63, 3.8) is 0 Å². The molecule has 1 aromatic heterocycles. The van der Waals surface area contributed by atoms with Gasteiger partial charge < -0.3 is 4.98 Å². The molecule has 0 radical (unpaired) electrons. The number of nitrogens with one attached hydrogen (secondary N) is 1. The number of hydrogen-bond acceptors (Lipinski definition) is 3. The molecule has 0 saturated carbocycles. The Balaban J connectivity index is 2.05. The molecule has 2 aromatic rings. The Hall–Kier alpha value is -1.55. The lowest BCUT2D eigenvalue weighted by Gasteiger charge is -2.01.